The number of hydrogen-bond acceptors (Lipinski definition) is 4. The molecule has 0 aromatic carbocycles. The van der Waals surface area contributed by atoms with Crippen LogP contribution in [0.5, 0.6) is 0 Å². The Kier molecular flexibility index (Phi) is 2.92. The van der Waals surface area contributed by atoms with Crippen molar-refractivity contribution in [2.45, 2.75) is 58.6 Å². The molecule has 1 fully saturated rings. The number of aliphatic imine (C=N–C) groups is 1. The molecule has 1 aliphatic carbocycles. The first-order chi connectivity index (χ1) is 7.89. The summed E-state index contributed by atoms with van der Waals surface area (Å²) in [6, 6.07) is 0.209. The monoisotopic (exact) mass is 239 g/mol. The van der Waals surface area contributed by atoms with Crippen LogP contribution in [0.3, 0.4) is 0 Å². The van der Waals surface area contributed by atoms with E-state index in [0.29, 0.717) is 12.5 Å². The van der Waals surface area contributed by atoms with Gasteiger partial charge in [0.15, 0.2) is 0 Å². The van der Waals surface area contributed by atoms with Crippen molar-refractivity contribution in [2.75, 3.05) is 6.61 Å². The molecule has 0 aromatic heterocycles. The van der Waals surface area contributed by atoms with E-state index in [4.69, 9.17) is 9.47 Å². The third kappa shape index (κ3) is 2.31. The van der Waals surface area contributed by atoms with Gasteiger partial charge in [-0.05, 0) is 40.5 Å². The summed E-state index contributed by atoms with van der Waals surface area (Å²) in [7, 11) is 0. The Morgan fingerprint density at radius 3 is 2.65 bits per heavy atom. The number of carbonyl (C=O) groups excluding carboxylic acids is 1. The Bertz CT molecular complexity index is 356. The van der Waals surface area contributed by atoms with E-state index in [9.17, 15) is 4.79 Å². The maximum Gasteiger partial charge on any atom is 0.321 e. The van der Waals surface area contributed by atoms with E-state index in [1.165, 1.54) is 0 Å². The number of carbonyl (C=O) groups is 1. The molecule has 4 nitrogen and oxygen atoms in total. The molecular weight excluding hydrogens is 218 g/mol. The van der Waals surface area contributed by atoms with E-state index in [0.717, 1.165) is 19.3 Å². The van der Waals surface area contributed by atoms with Crippen LogP contribution in [0.1, 0.15) is 47.0 Å². The second-order valence-corrected chi connectivity index (χ2v) is 5.65. The number of rotatable bonds is 3. The summed E-state index contributed by atoms with van der Waals surface area (Å²) in [6.07, 6.45) is 2.48. The number of hydrogen-bond donors (Lipinski definition) is 0. The molecule has 1 heterocycles. The number of esters is 1. The normalized spacial score (nSPS) is 28.9. The molecule has 4 heteroatoms. The van der Waals surface area contributed by atoms with Gasteiger partial charge in [0.05, 0.1) is 12.6 Å². The first-order valence-corrected chi connectivity index (χ1v) is 6.34. The Balaban J connectivity index is 2.19. The molecule has 2 rings (SSSR count). The fourth-order valence-corrected chi connectivity index (χ4v) is 2.41. The van der Waals surface area contributed by atoms with Crippen molar-refractivity contribution in [3.63, 3.8) is 0 Å². The van der Waals surface area contributed by atoms with Gasteiger partial charge >= 0.3 is 5.97 Å². The molecule has 0 spiro atoms. The van der Waals surface area contributed by atoms with Crippen LogP contribution in [-0.2, 0) is 14.3 Å². The lowest BCUT2D eigenvalue weighted by atomic mass is 9.96. The zero-order valence-electron chi connectivity index (χ0n) is 11.1. The first kappa shape index (κ1) is 12.4. The molecule has 0 radical (unpaired) electrons. The minimum atomic E-state index is -0.568. The van der Waals surface area contributed by atoms with E-state index in [1.807, 2.05) is 20.8 Å². The highest BCUT2D eigenvalue weighted by molar-refractivity contribution is 6.06. The van der Waals surface area contributed by atoms with E-state index in [2.05, 4.69) is 11.9 Å². The maximum absolute atomic E-state index is 12.0. The molecule has 96 valence electrons. The summed E-state index contributed by atoms with van der Waals surface area (Å²) >= 11 is 0. The average molecular weight is 239 g/mol. The quantitative estimate of drug-likeness (QED) is 0.710. The van der Waals surface area contributed by atoms with Gasteiger partial charge in [0, 0.05) is 6.42 Å². The van der Waals surface area contributed by atoms with E-state index >= 15 is 0 Å². The zero-order chi connectivity index (χ0) is 12.7. The van der Waals surface area contributed by atoms with Gasteiger partial charge in [-0.2, -0.15) is 0 Å². The number of ether oxygens (including phenoxy) is 2. The lowest BCUT2D eigenvalue weighted by Crippen LogP contribution is -2.42. The van der Waals surface area contributed by atoms with Crippen molar-refractivity contribution in [3.05, 3.63) is 0 Å². The SMILES string of the molecule is CCOC(=O)C1(C2=NC(C)CC(C)(C)O2)CC1. The van der Waals surface area contributed by atoms with Gasteiger partial charge in [-0.3, -0.25) is 9.79 Å². The second-order valence-electron chi connectivity index (χ2n) is 5.65. The third-order valence-corrected chi connectivity index (χ3v) is 3.32. The molecule has 0 aromatic rings. The van der Waals surface area contributed by atoms with Crippen LogP contribution in [0.4, 0.5) is 0 Å². The molecule has 17 heavy (non-hydrogen) atoms. The van der Waals surface area contributed by atoms with Crippen LogP contribution < -0.4 is 0 Å². The van der Waals surface area contributed by atoms with Gasteiger partial charge in [-0.25, -0.2) is 0 Å². The number of nitrogens with zero attached hydrogens (tertiary/aromatic N) is 1. The van der Waals surface area contributed by atoms with E-state index in [-0.39, 0.29) is 17.6 Å². The highest BCUT2D eigenvalue weighted by Crippen LogP contribution is 2.50. The van der Waals surface area contributed by atoms with Gasteiger partial charge in [0.1, 0.15) is 11.0 Å². The Labute approximate surface area is 102 Å². The van der Waals surface area contributed by atoms with E-state index in [1.54, 1.807) is 0 Å². The smallest absolute Gasteiger partial charge is 0.321 e. The Morgan fingerprint density at radius 1 is 1.53 bits per heavy atom. The van der Waals surface area contributed by atoms with Crippen LogP contribution in [0, 0.1) is 5.41 Å². The molecule has 0 saturated heterocycles. The minimum Gasteiger partial charge on any atom is -0.474 e. The van der Waals surface area contributed by atoms with Gasteiger partial charge in [0.25, 0.3) is 0 Å². The van der Waals surface area contributed by atoms with Crippen LogP contribution in [0.15, 0.2) is 4.99 Å². The summed E-state index contributed by atoms with van der Waals surface area (Å²) in [5, 5.41) is 0. The molecule has 0 N–H and O–H groups in total. The zero-order valence-corrected chi connectivity index (χ0v) is 11.1. The lowest BCUT2D eigenvalue weighted by Gasteiger charge is -2.35. The first-order valence-electron chi connectivity index (χ1n) is 6.34. The predicted molar refractivity (Wildman–Crippen MR) is 65.0 cm³/mol. The molecule has 1 aliphatic heterocycles. The van der Waals surface area contributed by atoms with Crippen molar-refractivity contribution < 1.29 is 14.3 Å². The molecule has 1 unspecified atom stereocenters. The van der Waals surface area contributed by atoms with Crippen molar-refractivity contribution in [1.82, 2.24) is 0 Å². The largest absolute Gasteiger partial charge is 0.474 e. The lowest BCUT2D eigenvalue weighted by molar-refractivity contribution is -0.147. The van der Waals surface area contributed by atoms with Crippen LogP contribution in [-0.4, -0.2) is 30.1 Å². The summed E-state index contributed by atoms with van der Waals surface area (Å²) in [4.78, 5) is 16.5. The summed E-state index contributed by atoms with van der Waals surface area (Å²) < 4.78 is 11.0. The van der Waals surface area contributed by atoms with Crippen molar-refractivity contribution in [2.24, 2.45) is 10.4 Å². The Hall–Kier alpha value is -1.06. The van der Waals surface area contributed by atoms with Gasteiger partial charge in [0.2, 0.25) is 5.90 Å². The van der Waals surface area contributed by atoms with Gasteiger partial charge < -0.3 is 9.47 Å². The van der Waals surface area contributed by atoms with Gasteiger partial charge in [-0.15, -0.1) is 0 Å². The topological polar surface area (TPSA) is 47.9 Å². The molecule has 2 aliphatic rings. The van der Waals surface area contributed by atoms with Crippen molar-refractivity contribution in [3.8, 4) is 0 Å². The molecule has 0 amide bonds. The van der Waals surface area contributed by atoms with Crippen LogP contribution in [0.25, 0.3) is 0 Å². The standard InChI is InChI=1S/C13H21NO3/c1-5-16-11(15)13(6-7-13)10-14-9(2)8-12(3,4)17-10/h9H,5-8H2,1-4H3. The molecule has 1 saturated carbocycles. The minimum absolute atomic E-state index is 0.177. The Morgan fingerprint density at radius 2 is 2.18 bits per heavy atom. The summed E-state index contributed by atoms with van der Waals surface area (Å²) in [6.45, 7) is 8.38. The summed E-state index contributed by atoms with van der Waals surface area (Å²) in [5.74, 6) is 0.420. The fourth-order valence-electron chi connectivity index (χ4n) is 2.41. The fraction of sp³-hybridized carbons (Fsp3) is 0.846. The highest BCUT2D eigenvalue weighted by Gasteiger charge is 2.59. The molecule has 1 atom stereocenters. The van der Waals surface area contributed by atoms with Crippen LogP contribution >= 0.6 is 0 Å². The molecular formula is C13H21NO3. The van der Waals surface area contributed by atoms with Crippen molar-refractivity contribution >= 4 is 11.9 Å². The maximum atomic E-state index is 12.0. The summed E-state index contributed by atoms with van der Waals surface area (Å²) in [5.41, 5.74) is -0.805. The third-order valence-electron chi connectivity index (χ3n) is 3.32. The van der Waals surface area contributed by atoms with Crippen LogP contribution in [0.2, 0.25) is 0 Å². The van der Waals surface area contributed by atoms with E-state index < -0.39 is 5.41 Å². The van der Waals surface area contributed by atoms with Crippen molar-refractivity contribution in [1.29, 1.82) is 0 Å². The average Bonchev–Trinajstić information content (AvgIpc) is 2.95. The second kappa shape index (κ2) is 4.00. The predicted octanol–water partition coefficient (Wildman–Crippen LogP) is 2.32. The molecule has 0 bridgehead atoms. The highest BCUT2D eigenvalue weighted by atomic mass is 16.5. The van der Waals surface area contributed by atoms with Gasteiger partial charge in [-0.1, -0.05) is 0 Å².